The molecule has 2 bridgehead atoms. The molecule has 2 aliphatic carbocycles. The van der Waals surface area contributed by atoms with Crippen LogP contribution in [0.15, 0.2) is 42.5 Å². The van der Waals surface area contributed by atoms with Crippen LogP contribution in [0.3, 0.4) is 0 Å². The molecule has 1 saturated heterocycles. The minimum absolute atomic E-state index is 0.00723. The molecule has 6 heteroatoms. The van der Waals surface area contributed by atoms with Gasteiger partial charge in [-0.3, -0.25) is 9.69 Å². The maximum absolute atomic E-state index is 12.8. The number of nitrogens with one attached hydrogen (secondary N) is 1. The normalized spacial score (nSPS) is 25.9. The second-order valence-corrected chi connectivity index (χ2v) is 10.3. The summed E-state index contributed by atoms with van der Waals surface area (Å²) in [5.41, 5.74) is 3.48. The van der Waals surface area contributed by atoms with Gasteiger partial charge < -0.3 is 15.2 Å². The summed E-state index contributed by atoms with van der Waals surface area (Å²) in [6, 6.07) is 13.2. The average molecular weight is 463 g/mol. The van der Waals surface area contributed by atoms with E-state index in [0.717, 1.165) is 37.5 Å². The van der Waals surface area contributed by atoms with Crippen molar-refractivity contribution in [3.8, 4) is 5.75 Å². The molecule has 2 fully saturated rings. The van der Waals surface area contributed by atoms with E-state index in [-0.39, 0.29) is 16.9 Å². The Morgan fingerprint density at radius 3 is 2.56 bits per heavy atom. The number of rotatable bonds is 8. The SMILES string of the molecule is COc1ccc2c(c1)[C@@]1(CCNC(=O)c3ccc(C(=O)O)cc3)CCN(CC3CC3)[C@H](C2)[C@@H]1C. The number of nitrogens with zero attached hydrogens (tertiary/aromatic N) is 1. The van der Waals surface area contributed by atoms with Crippen molar-refractivity contribution < 1.29 is 19.4 Å². The standard InChI is InChI=1S/C28H34N2O4/c1-18-25-15-22-9-10-23(34-2)16-24(22)28(18,12-14-30(25)17-19-3-4-19)11-13-29-26(31)20-5-7-21(8-6-20)27(32)33/h5-10,16,18-19,25H,3-4,11-15,17H2,1-2H3,(H,29,31)(H,32,33)/t18-,25+,28-/m0/s1. The van der Waals surface area contributed by atoms with Crippen LogP contribution in [0.5, 0.6) is 5.75 Å². The third-order valence-corrected chi connectivity index (χ3v) is 8.49. The molecule has 6 nitrogen and oxygen atoms in total. The molecule has 1 saturated carbocycles. The van der Waals surface area contributed by atoms with Gasteiger partial charge in [-0.15, -0.1) is 0 Å². The minimum Gasteiger partial charge on any atom is -0.497 e. The monoisotopic (exact) mass is 462 g/mol. The number of fused-ring (bicyclic) bond motifs is 4. The molecule has 3 aliphatic rings. The van der Waals surface area contributed by atoms with Gasteiger partial charge in [0, 0.05) is 30.1 Å². The molecule has 0 aromatic heterocycles. The van der Waals surface area contributed by atoms with Crippen LogP contribution in [-0.4, -0.2) is 54.7 Å². The Kier molecular flexibility index (Phi) is 6.11. The van der Waals surface area contributed by atoms with Crippen LogP contribution < -0.4 is 10.1 Å². The van der Waals surface area contributed by atoms with Gasteiger partial charge in [0.1, 0.15) is 5.75 Å². The van der Waals surface area contributed by atoms with E-state index in [1.165, 1.54) is 42.6 Å². The highest BCUT2D eigenvalue weighted by molar-refractivity contribution is 5.95. The van der Waals surface area contributed by atoms with Crippen molar-refractivity contribution in [3.63, 3.8) is 0 Å². The zero-order valence-electron chi connectivity index (χ0n) is 20.0. The fourth-order valence-electron chi connectivity index (χ4n) is 6.27. The molecule has 0 radical (unpaired) electrons. The van der Waals surface area contributed by atoms with Crippen molar-refractivity contribution in [2.45, 2.75) is 50.5 Å². The third kappa shape index (κ3) is 4.20. The lowest BCUT2D eigenvalue weighted by Crippen LogP contribution is -2.60. The molecule has 180 valence electrons. The molecule has 1 amide bonds. The lowest BCUT2D eigenvalue weighted by molar-refractivity contribution is 0.0159. The first-order valence-electron chi connectivity index (χ1n) is 12.4. The predicted molar refractivity (Wildman–Crippen MR) is 131 cm³/mol. The largest absolute Gasteiger partial charge is 0.497 e. The zero-order chi connectivity index (χ0) is 23.9. The van der Waals surface area contributed by atoms with Crippen LogP contribution >= 0.6 is 0 Å². The van der Waals surface area contributed by atoms with Crippen LogP contribution in [0.4, 0.5) is 0 Å². The van der Waals surface area contributed by atoms with Gasteiger partial charge in [0.05, 0.1) is 12.7 Å². The average Bonchev–Trinajstić information content (AvgIpc) is 3.66. The Morgan fingerprint density at radius 1 is 1.15 bits per heavy atom. The summed E-state index contributed by atoms with van der Waals surface area (Å²) in [5.74, 6) is 1.11. The second kappa shape index (κ2) is 9.06. The topological polar surface area (TPSA) is 78.9 Å². The Hall–Kier alpha value is -2.86. The highest BCUT2D eigenvalue weighted by Crippen LogP contribution is 2.52. The highest BCUT2D eigenvalue weighted by atomic mass is 16.5. The van der Waals surface area contributed by atoms with E-state index >= 15 is 0 Å². The van der Waals surface area contributed by atoms with E-state index in [1.807, 2.05) is 0 Å². The summed E-state index contributed by atoms with van der Waals surface area (Å²) in [6.45, 7) is 5.31. The molecular formula is C28H34N2O4. The number of hydrogen-bond acceptors (Lipinski definition) is 4. The number of ether oxygens (including phenoxy) is 1. The molecule has 1 heterocycles. The van der Waals surface area contributed by atoms with Crippen LogP contribution in [0.25, 0.3) is 0 Å². The van der Waals surface area contributed by atoms with Crippen LogP contribution in [0, 0.1) is 11.8 Å². The highest BCUT2D eigenvalue weighted by Gasteiger charge is 2.51. The third-order valence-electron chi connectivity index (χ3n) is 8.49. The quantitative estimate of drug-likeness (QED) is 0.617. The van der Waals surface area contributed by atoms with E-state index < -0.39 is 5.97 Å². The number of carbonyl (C=O) groups is 2. The number of piperidine rings is 1. The number of carbonyl (C=O) groups excluding carboxylic acids is 1. The first-order chi connectivity index (χ1) is 16.4. The van der Waals surface area contributed by atoms with Gasteiger partial charge >= 0.3 is 5.97 Å². The number of benzene rings is 2. The van der Waals surface area contributed by atoms with Gasteiger partial charge in [-0.25, -0.2) is 4.79 Å². The molecule has 2 aromatic rings. The summed E-state index contributed by atoms with van der Waals surface area (Å²) in [5, 5.41) is 12.2. The first-order valence-corrected chi connectivity index (χ1v) is 12.4. The van der Waals surface area contributed by atoms with Crippen molar-refractivity contribution in [2.24, 2.45) is 11.8 Å². The smallest absolute Gasteiger partial charge is 0.335 e. The Balaban J connectivity index is 1.35. The molecule has 0 spiro atoms. The van der Waals surface area contributed by atoms with Crippen molar-refractivity contribution in [2.75, 3.05) is 26.7 Å². The van der Waals surface area contributed by atoms with Crippen LogP contribution in [0.1, 0.15) is 64.4 Å². The number of aromatic carboxylic acids is 1. The van der Waals surface area contributed by atoms with E-state index in [1.54, 1.807) is 19.2 Å². The summed E-state index contributed by atoms with van der Waals surface area (Å²) < 4.78 is 5.59. The van der Waals surface area contributed by atoms with E-state index in [9.17, 15) is 9.59 Å². The van der Waals surface area contributed by atoms with Gasteiger partial charge in [-0.05, 0) is 98.0 Å². The number of carboxylic acid groups (broad SMARTS) is 1. The number of amides is 1. The molecule has 34 heavy (non-hydrogen) atoms. The fourth-order valence-corrected chi connectivity index (χ4v) is 6.27. The van der Waals surface area contributed by atoms with Gasteiger partial charge in [0.2, 0.25) is 0 Å². The fraction of sp³-hybridized carbons (Fsp3) is 0.500. The maximum atomic E-state index is 12.8. The number of methoxy groups -OCH3 is 1. The van der Waals surface area contributed by atoms with Gasteiger partial charge in [-0.1, -0.05) is 13.0 Å². The number of likely N-dealkylation sites (tertiary alicyclic amines) is 1. The second-order valence-electron chi connectivity index (χ2n) is 10.3. The van der Waals surface area contributed by atoms with E-state index in [4.69, 9.17) is 9.84 Å². The Labute approximate surface area is 201 Å². The van der Waals surface area contributed by atoms with Gasteiger partial charge in [0.15, 0.2) is 0 Å². The molecule has 3 atom stereocenters. The molecule has 2 aromatic carbocycles. The lowest BCUT2D eigenvalue weighted by Gasteiger charge is -2.56. The molecular weight excluding hydrogens is 428 g/mol. The molecule has 0 unspecified atom stereocenters. The van der Waals surface area contributed by atoms with E-state index in [0.29, 0.717) is 24.1 Å². The van der Waals surface area contributed by atoms with Crippen molar-refractivity contribution >= 4 is 11.9 Å². The van der Waals surface area contributed by atoms with Crippen molar-refractivity contribution in [1.29, 1.82) is 0 Å². The number of carboxylic acids is 1. The van der Waals surface area contributed by atoms with Gasteiger partial charge in [-0.2, -0.15) is 0 Å². The Bertz CT molecular complexity index is 1080. The van der Waals surface area contributed by atoms with Crippen LogP contribution in [-0.2, 0) is 11.8 Å². The minimum atomic E-state index is -0.992. The molecule has 2 N–H and O–H groups in total. The maximum Gasteiger partial charge on any atom is 0.335 e. The van der Waals surface area contributed by atoms with Crippen molar-refractivity contribution in [1.82, 2.24) is 10.2 Å². The van der Waals surface area contributed by atoms with Crippen LogP contribution in [0.2, 0.25) is 0 Å². The van der Waals surface area contributed by atoms with Crippen molar-refractivity contribution in [3.05, 3.63) is 64.7 Å². The predicted octanol–water partition coefficient (Wildman–Crippen LogP) is 4.13. The Morgan fingerprint density at radius 2 is 1.88 bits per heavy atom. The summed E-state index contributed by atoms with van der Waals surface area (Å²) >= 11 is 0. The first kappa shape index (κ1) is 22.9. The molecule has 5 rings (SSSR count). The molecule has 1 aliphatic heterocycles. The summed E-state index contributed by atoms with van der Waals surface area (Å²) in [7, 11) is 1.72. The van der Waals surface area contributed by atoms with Gasteiger partial charge in [0.25, 0.3) is 5.91 Å². The zero-order valence-corrected chi connectivity index (χ0v) is 20.0. The summed E-state index contributed by atoms with van der Waals surface area (Å²) in [6.07, 6.45) is 5.78. The summed E-state index contributed by atoms with van der Waals surface area (Å²) in [4.78, 5) is 26.6. The number of hydrogen-bond donors (Lipinski definition) is 2. The lowest BCUT2D eigenvalue weighted by atomic mass is 9.56. The van der Waals surface area contributed by atoms with E-state index in [2.05, 4.69) is 35.3 Å².